The van der Waals surface area contributed by atoms with Gasteiger partial charge in [0.25, 0.3) is 5.91 Å². The molecular formula is C18H20BrNO2. The molecule has 22 heavy (non-hydrogen) atoms. The number of amides is 1. The molecule has 1 amide bonds. The van der Waals surface area contributed by atoms with E-state index in [1.165, 1.54) is 0 Å². The molecule has 2 rings (SSSR count). The van der Waals surface area contributed by atoms with E-state index in [4.69, 9.17) is 4.74 Å². The minimum Gasteiger partial charge on any atom is -0.484 e. The number of benzene rings is 2. The van der Waals surface area contributed by atoms with Crippen LogP contribution >= 0.6 is 15.9 Å². The van der Waals surface area contributed by atoms with Crippen LogP contribution in [0.5, 0.6) is 5.75 Å². The molecule has 0 spiro atoms. The van der Waals surface area contributed by atoms with Crippen molar-refractivity contribution in [2.45, 2.75) is 26.8 Å². The van der Waals surface area contributed by atoms with E-state index in [9.17, 15) is 4.79 Å². The van der Waals surface area contributed by atoms with Crippen LogP contribution in [0.25, 0.3) is 0 Å². The molecule has 0 saturated heterocycles. The first-order chi connectivity index (χ1) is 10.5. The molecule has 0 saturated carbocycles. The third kappa shape index (κ3) is 4.34. The largest absolute Gasteiger partial charge is 0.484 e. The van der Waals surface area contributed by atoms with Crippen LogP contribution < -0.4 is 10.1 Å². The van der Waals surface area contributed by atoms with Crippen molar-refractivity contribution in [3.8, 4) is 5.75 Å². The predicted octanol–water partition coefficient (Wildman–Crippen LogP) is 4.32. The predicted molar refractivity (Wildman–Crippen MR) is 92.1 cm³/mol. The fourth-order valence-corrected chi connectivity index (χ4v) is 2.48. The highest BCUT2D eigenvalue weighted by atomic mass is 79.9. The van der Waals surface area contributed by atoms with E-state index < -0.39 is 0 Å². The summed E-state index contributed by atoms with van der Waals surface area (Å²) in [7, 11) is 0. The van der Waals surface area contributed by atoms with E-state index in [1.807, 2.05) is 63.2 Å². The van der Waals surface area contributed by atoms with Crippen molar-refractivity contribution >= 4 is 21.8 Å². The van der Waals surface area contributed by atoms with E-state index in [1.54, 1.807) is 0 Å². The number of hydrogen-bond donors (Lipinski definition) is 1. The molecule has 0 aliphatic rings. The first-order valence-corrected chi connectivity index (χ1v) is 8.00. The fourth-order valence-electron chi connectivity index (χ4n) is 2.25. The van der Waals surface area contributed by atoms with Gasteiger partial charge in [-0.05, 0) is 49.6 Å². The molecule has 4 heteroatoms. The highest BCUT2D eigenvalue weighted by Crippen LogP contribution is 2.26. The summed E-state index contributed by atoms with van der Waals surface area (Å²) in [6.45, 7) is 5.97. The second-order valence-corrected chi connectivity index (χ2v) is 6.15. The van der Waals surface area contributed by atoms with E-state index in [0.717, 1.165) is 21.2 Å². The zero-order valence-corrected chi connectivity index (χ0v) is 14.6. The lowest BCUT2D eigenvalue weighted by Gasteiger charge is -2.15. The maximum absolute atomic E-state index is 12.0. The smallest absolute Gasteiger partial charge is 0.258 e. The van der Waals surface area contributed by atoms with Gasteiger partial charge in [-0.25, -0.2) is 0 Å². The summed E-state index contributed by atoms with van der Waals surface area (Å²) in [5, 5.41) is 2.93. The molecule has 0 bridgehead atoms. The molecule has 2 aromatic rings. The average molecular weight is 362 g/mol. The molecule has 0 aliphatic heterocycles. The van der Waals surface area contributed by atoms with Gasteiger partial charge in [0, 0.05) is 4.47 Å². The Morgan fingerprint density at radius 3 is 2.36 bits per heavy atom. The quantitative estimate of drug-likeness (QED) is 0.860. The molecule has 0 heterocycles. The van der Waals surface area contributed by atoms with Gasteiger partial charge in [-0.2, -0.15) is 0 Å². The lowest BCUT2D eigenvalue weighted by atomic mass is 10.1. The van der Waals surface area contributed by atoms with Gasteiger partial charge in [0.1, 0.15) is 5.75 Å². The minimum atomic E-state index is -0.130. The van der Waals surface area contributed by atoms with Crippen molar-refractivity contribution in [1.82, 2.24) is 5.32 Å². The average Bonchev–Trinajstić information content (AvgIpc) is 2.51. The van der Waals surface area contributed by atoms with Crippen LogP contribution in [-0.4, -0.2) is 12.5 Å². The number of aryl methyl sites for hydroxylation is 2. The van der Waals surface area contributed by atoms with Crippen LogP contribution in [0.2, 0.25) is 0 Å². The number of rotatable bonds is 5. The second-order valence-electron chi connectivity index (χ2n) is 5.36. The molecule has 0 radical (unpaired) electrons. The lowest BCUT2D eigenvalue weighted by Crippen LogP contribution is -2.31. The van der Waals surface area contributed by atoms with Crippen LogP contribution in [-0.2, 0) is 4.79 Å². The van der Waals surface area contributed by atoms with Crippen LogP contribution in [0.1, 0.15) is 29.7 Å². The molecule has 116 valence electrons. The third-order valence-corrected chi connectivity index (χ3v) is 4.71. The van der Waals surface area contributed by atoms with E-state index >= 15 is 0 Å². The standard InChI is InChI=1S/C18H20BrNO2/c1-12-9-16(10-13(2)18(12)19)22-11-17(21)20-14(3)15-7-5-4-6-8-15/h4-10,14H,11H2,1-3H3,(H,20,21)/t14-/m1/s1. The first kappa shape index (κ1) is 16.6. The zero-order chi connectivity index (χ0) is 16.1. The maximum Gasteiger partial charge on any atom is 0.258 e. The number of hydrogen-bond acceptors (Lipinski definition) is 2. The summed E-state index contributed by atoms with van der Waals surface area (Å²) in [5.41, 5.74) is 3.26. The SMILES string of the molecule is Cc1cc(OCC(=O)N[C@H](C)c2ccccc2)cc(C)c1Br. The van der Waals surface area contributed by atoms with Crippen molar-refractivity contribution in [1.29, 1.82) is 0 Å². The van der Waals surface area contributed by atoms with E-state index in [2.05, 4.69) is 21.2 Å². The van der Waals surface area contributed by atoms with Crippen molar-refractivity contribution in [2.24, 2.45) is 0 Å². The molecule has 0 unspecified atom stereocenters. The first-order valence-electron chi connectivity index (χ1n) is 7.21. The van der Waals surface area contributed by atoms with Gasteiger partial charge < -0.3 is 10.1 Å². The second kappa shape index (κ2) is 7.45. The van der Waals surface area contributed by atoms with Crippen molar-refractivity contribution in [3.63, 3.8) is 0 Å². The summed E-state index contributed by atoms with van der Waals surface area (Å²) in [6.07, 6.45) is 0. The van der Waals surface area contributed by atoms with Gasteiger partial charge in [-0.1, -0.05) is 46.3 Å². The topological polar surface area (TPSA) is 38.3 Å². The van der Waals surface area contributed by atoms with Crippen LogP contribution in [0.4, 0.5) is 0 Å². The highest BCUT2D eigenvalue weighted by molar-refractivity contribution is 9.10. The molecule has 0 aliphatic carbocycles. The Balaban J connectivity index is 1.90. The summed E-state index contributed by atoms with van der Waals surface area (Å²) >= 11 is 3.52. The van der Waals surface area contributed by atoms with Gasteiger partial charge in [0.15, 0.2) is 6.61 Å². The monoisotopic (exact) mass is 361 g/mol. The van der Waals surface area contributed by atoms with Crippen LogP contribution in [0.15, 0.2) is 46.9 Å². The molecule has 3 nitrogen and oxygen atoms in total. The molecular weight excluding hydrogens is 342 g/mol. The molecule has 0 fully saturated rings. The van der Waals surface area contributed by atoms with Gasteiger partial charge in [0.05, 0.1) is 6.04 Å². The Kier molecular flexibility index (Phi) is 5.61. The van der Waals surface area contributed by atoms with Gasteiger partial charge in [-0.3, -0.25) is 4.79 Å². The van der Waals surface area contributed by atoms with Gasteiger partial charge in [0.2, 0.25) is 0 Å². The van der Waals surface area contributed by atoms with Crippen LogP contribution in [0.3, 0.4) is 0 Å². The van der Waals surface area contributed by atoms with Gasteiger partial charge >= 0.3 is 0 Å². The van der Waals surface area contributed by atoms with E-state index in [0.29, 0.717) is 5.75 Å². The minimum absolute atomic E-state index is 0.0116. The Hall–Kier alpha value is -1.81. The summed E-state index contributed by atoms with van der Waals surface area (Å²) < 4.78 is 6.66. The van der Waals surface area contributed by atoms with Crippen molar-refractivity contribution < 1.29 is 9.53 Å². The number of halogens is 1. The summed E-state index contributed by atoms with van der Waals surface area (Å²) in [6, 6.07) is 13.7. The molecule has 2 aromatic carbocycles. The summed E-state index contributed by atoms with van der Waals surface area (Å²) in [4.78, 5) is 12.0. The molecule has 1 N–H and O–H groups in total. The number of ether oxygens (including phenoxy) is 1. The zero-order valence-electron chi connectivity index (χ0n) is 13.0. The van der Waals surface area contributed by atoms with Crippen molar-refractivity contribution in [2.75, 3.05) is 6.61 Å². The Labute approximate surface area is 139 Å². The lowest BCUT2D eigenvalue weighted by molar-refractivity contribution is -0.123. The Bertz CT molecular complexity index is 632. The molecule has 1 atom stereocenters. The summed E-state index contributed by atoms with van der Waals surface area (Å²) in [5.74, 6) is 0.579. The van der Waals surface area contributed by atoms with Crippen molar-refractivity contribution in [3.05, 3.63) is 63.6 Å². The number of carbonyl (C=O) groups excluding carboxylic acids is 1. The third-order valence-electron chi connectivity index (χ3n) is 3.46. The fraction of sp³-hybridized carbons (Fsp3) is 0.278. The Morgan fingerprint density at radius 1 is 1.18 bits per heavy atom. The Morgan fingerprint density at radius 2 is 1.77 bits per heavy atom. The number of carbonyl (C=O) groups is 1. The molecule has 0 aromatic heterocycles. The normalized spacial score (nSPS) is 11.8. The van der Waals surface area contributed by atoms with Gasteiger partial charge in [-0.15, -0.1) is 0 Å². The highest BCUT2D eigenvalue weighted by Gasteiger charge is 2.10. The maximum atomic E-state index is 12.0. The van der Waals surface area contributed by atoms with E-state index in [-0.39, 0.29) is 18.6 Å². The number of nitrogens with one attached hydrogen (secondary N) is 1. The van der Waals surface area contributed by atoms with Crippen LogP contribution in [0, 0.1) is 13.8 Å².